The lowest BCUT2D eigenvalue weighted by atomic mass is 10.1. The third-order valence-corrected chi connectivity index (χ3v) is 4.32. The van der Waals surface area contributed by atoms with Gasteiger partial charge in [-0.1, -0.05) is 37.3 Å². The average Bonchev–Trinajstić information content (AvgIpc) is 2.71. The molecule has 0 radical (unpaired) electrons. The van der Waals surface area contributed by atoms with E-state index < -0.39 is 5.91 Å². The normalized spacial score (nSPS) is 10.6. The van der Waals surface area contributed by atoms with Crippen molar-refractivity contribution in [2.24, 2.45) is 0 Å². The van der Waals surface area contributed by atoms with E-state index in [0.29, 0.717) is 12.1 Å². The fourth-order valence-corrected chi connectivity index (χ4v) is 3.02. The van der Waals surface area contributed by atoms with Gasteiger partial charge in [-0.2, -0.15) is 0 Å². The number of carbonyl (C=O) groups excluding carboxylic acids is 2. The Bertz CT molecular complexity index is 949. The quantitative estimate of drug-likeness (QED) is 0.520. The molecule has 0 saturated carbocycles. The van der Waals surface area contributed by atoms with Crippen LogP contribution in [-0.4, -0.2) is 28.6 Å². The molecule has 2 aromatic carbocycles. The van der Waals surface area contributed by atoms with E-state index in [1.54, 1.807) is 40.8 Å². The molecule has 2 N–H and O–H groups in total. The molecule has 0 fully saturated rings. The van der Waals surface area contributed by atoms with E-state index in [1.807, 2.05) is 37.3 Å². The SMILES string of the molecule is CCCN(C(=O)Cc1ccc(C(=O)NO)cc1)c1cccc2cccnc12. The number of anilines is 1. The lowest BCUT2D eigenvalue weighted by Crippen LogP contribution is -2.33. The van der Waals surface area contributed by atoms with Crippen LogP contribution in [0.3, 0.4) is 0 Å². The van der Waals surface area contributed by atoms with Crippen LogP contribution < -0.4 is 10.4 Å². The summed E-state index contributed by atoms with van der Waals surface area (Å²) in [6.45, 7) is 2.63. The van der Waals surface area contributed by atoms with Crippen molar-refractivity contribution in [2.45, 2.75) is 19.8 Å². The first kappa shape index (κ1) is 18.5. The van der Waals surface area contributed by atoms with Crippen LogP contribution in [0.5, 0.6) is 0 Å². The van der Waals surface area contributed by atoms with Gasteiger partial charge >= 0.3 is 0 Å². The number of hydroxylamine groups is 1. The molecule has 2 amide bonds. The van der Waals surface area contributed by atoms with Crippen LogP contribution in [0.2, 0.25) is 0 Å². The van der Waals surface area contributed by atoms with Gasteiger partial charge in [0, 0.05) is 23.7 Å². The van der Waals surface area contributed by atoms with Gasteiger partial charge < -0.3 is 4.90 Å². The maximum Gasteiger partial charge on any atom is 0.274 e. The van der Waals surface area contributed by atoms with E-state index >= 15 is 0 Å². The van der Waals surface area contributed by atoms with Crippen molar-refractivity contribution in [1.82, 2.24) is 10.5 Å². The zero-order chi connectivity index (χ0) is 19.2. The summed E-state index contributed by atoms with van der Waals surface area (Å²) in [5.41, 5.74) is 4.32. The molecular formula is C21H21N3O3. The standard InChI is InChI=1S/C21H21N3O3/c1-2-13-24(18-7-3-5-16-6-4-12-22-20(16)18)19(25)14-15-8-10-17(11-9-15)21(26)23-27/h3-12,27H,2,13-14H2,1H3,(H,23,26). The molecule has 0 saturated heterocycles. The van der Waals surface area contributed by atoms with Crippen molar-refractivity contribution in [3.05, 3.63) is 71.9 Å². The Labute approximate surface area is 157 Å². The predicted molar refractivity (Wildman–Crippen MR) is 104 cm³/mol. The third kappa shape index (κ3) is 4.12. The van der Waals surface area contributed by atoms with E-state index in [2.05, 4.69) is 4.98 Å². The number of nitrogens with one attached hydrogen (secondary N) is 1. The van der Waals surface area contributed by atoms with Gasteiger partial charge in [0.2, 0.25) is 5.91 Å². The lowest BCUT2D eigenvalue weighted by Gasteiger charge is -2.23. The maximum atomic E-state index is 13.0. The number of pyridine rings is 1. The van der Waals surface area contributed by atoms with Gasteiger partial charge in [-0.3, -0.25) is 19.8 Å². The monoisotopic (exact) mass is 363 g/mol. The van der Waals surface area contributed by atoms with Crippen molar-refractivity contribution >= 4 is 28.4 Å². The van der Waals surface area contributed by atoms with Gasteiger partial charge in [0.1, 0.15) is 0 Å². The van der Waals surface area contributed by atoms with Crippen LogP contribution in [0.25, 0.3) is 10.9 Å². The first-order chi connectivity index (χ1) is 13.1. The zero-order valence-electron chi connectivity index (χ0n) is 15.1. The van der Waals surface area contributed by atoms with Crippen LogP contribution in [0, 0.1) is 0 Å². The van der Waals surface area contributed by atoms with Crippen molar-refractivity contribution in [2.75, 3.05) is 11.4 Å². The largest absolute Gasteiger partial charge is 0.310 e. The third-order valence-electron chi connectivity index (χ3n) is 4.32. The molecule has 0 unspecified atom stereocenters. The summed E-state index contributed by atoms with van der Waals surface area (Å²) in [6.07, 6.45) is 2.76. The summed E-state index contributed by atoms with van der Waals surface area (Å²) in [6, 6.07) is 16.3. The van der Waals surface area contributed by atoms with Crippen molar-refractivity contribution in [3.8, 4) is 0 Å². The number of carbonyl (C=O) groups is 2. The van der Waals surface area contributed by atoms with Gasteiger partial charge in [0.05, 0.1) is 17.6 Å². The summed E-state index contributed by atoms with van der Waals surface area (Å²) < 4.78 is 0. The van der Waals surface area contributed by atoms with Crippen molar-refractivity contribution < 1.29 is 14.8 Å². The van der Waals surface area contributed by atoms with Gasteiger partial charge in [-0.05, 0) is 36.2 Å². The molecule has 0 atom stereocenters. The first-order valence-electron chi connectivity index (χ1n) is 8.81. The topological polar surface area (TPSA) is 82.5 Å². The van der Waals surface area contributed by atoms with Crippen LogP contribution in [0.4, 0.5) is 5.69 Å². The van der Waals surface area contributed by atoms with Crippen LogP contribution in [-0.2, 0) is 11.2 Å². The molecule has 27 heavy (non-hydrogen) atoms. The van der Waals surface area contributed by atoms with Gasteiger partial charge in [0.25, 0.3) is 5.91 Å². The van der Waals surface area contributed by atoms with Gasteiger partial charge in [0.15, 0.2) is 0 Å². The summed E-state index contributed by atoms with van der Waals surface area (Å²) in [7, 11) is 0. The van der Waals surface area contributed by atoms with Crippen molar-refractivity contribution in [1.29, 1.82) is 0 Å². The highest BCUT2D eigenvalue weighted by atomic mass is 16.5. The molecule has 138 valence electrons. The van der Waals surface area contributed by atoms with Gasteiger partial charge in [-0.15, -0.1) is 0 Å². The predicted octanol–water partition coefficient (Wildman–Crippen LogP) is 3.34. The molecule has 0 spiro atoms. The number of nitrogens with zero attached hydrogens (tertiary/aromatic N) is 2. The Morgan fingerprint density at radius 3 is 2.52 bits per heavy atom. The Morgan fingerprint density at radius 2 is 1.81 bits per heavy atom. The molecule has 3 aromatic rings. The minimum atomic E-state index is -0.581. The Balaban J connectivity index is 1.86. The van der Waals surface area contributed by atoms with E-state index in [-0.39, 0.29) is 12.3 Å². The highest BCUT2D eigenvalue weighted by Gasteiger charge is 2.18. The van der Waals surface area contributed by atoms with E-state index in [1.165, 1.54) is 0 Å². The molecule has 1 aromatic heterocycles. The fourth-order valence-electron chi connectivity index (χ4n) is 3.02. The number of hydrogen-bond acceptors (Lipinski definition) is 4. The molecule has 6 heteroatoms. The summed E-state index contributed by atoms with van der Waals surface area (Å²) in [5, 5.41) is 9.67. The average molecular weight is 363 g/mol. The Kier molecular flexibility index (Phi) is 5.78. The number of benzene rings is 2. The minimum Gasteiger partial charge on any atom is -0.310 e. The van der Waals surface area contributed by atoms with Crippen molar-refractivity contribution in [3.63, 3.8) is 0 Å². The van der Waals surface area contributed by atoms with E-state index in [0.717, 1.165) is 28.6 Å². The maximum absolute atomic E-state index is 13.0. The van der Waals surface area contributed by atoms with Crippen LogP contribution >= 0.6 is 0 Å². The van der Waals surface area contributed by atoms with E-state index in [9.17, 15) is 9.59 Å². The minimum absolute atomic E-state index is 0.0330. The highest BCUT2D eigenvalue weighted by Crippen LogP contribution is 2.25. The molecular weight excluding hydrogens is 342 g/mol. The number of amides is 2. The Hall–Kier alpha value is -3.25. The second-order valence-corrected chi connectivity index (χ2v) is 6.21. The zero-order valence-corrected chi connectivity index (χ0v) is 15.1. The summed E-state index contributed by atoms with van der Waals surface area (Å²) in [5.74, 6) is -0.614. The number of aromatic nitrogens is 1. The lowest BCUT2D eigenvalue weighted by molar-refractivity contribution is -0.118. The Morgan fingerprint density at radius 1 is 1.07 bits per heavy atom. The number of hydrogen-bond donors (Lipinski definition) is 2. The molecule has 0 aliphatic rings. The molecule has 0 aliphatic heterocycles. The second-order valence-electron chi connectivity index (χ2n) is 6.21. The second kappa shape index (κ2) is 8.42. The number of fused-ring (bicyclic) bond motifs is 1. The van der Waals surface area contributed by atoms with E-state index in [4.69, 9.17) is 5.21 Å². The molecule has 1 heterocycles. The number of rotatable bonds is 6. The molecule has 0 aliphatic carbocycles. The van der Waals surface area contributed by atoms with Gasteiger partial charge in [-0.25, -0.2) is 5.48 Å². The summed E-state index contributed by atoms with van der Waals surface area (Å²) in [4.78, 5) is 30.6. The number of para-hydroxylation sites is 1. The van der Waals surface area contributed by atoms with Crippen LogP contribution in [0.15, 0.2) is 60.8 Å². The molecule has 3 rings (SSSR count). The fraction of sp³-hybridized carbons (Fsp3) is 0.190. The summed E-state index contributed by atoms with van der Waals surface area (Å²) >= 11 is 0. The molecule has 6 nitrogen and oxygen atoms in total. The highest BCUT2D eigenvalue weighted by molar-refractivity contribution is 6.02. The van der Waals surface area contributed by atoms with Crippen LogP contribution in [0.1, 0.15) is 29.3 Å². The smallest absolute Gasteiger partial charge is 0.274 e. The first-order valence-corrected chi connectivity index (χ1v) is 8.81. The molecule has 0 bridgehead atoms.